The van der Waals surface area contributed by atoms with Crippen LogP contribution in [0.3, 0.4) is 0 Å². The van der Waals surface area contributed by atoms with E-state index in [-0.39, 0.29) is 6.04 Å². The average Bonchev–Trinajstić information content (AvgIpc) is 2.32. The van der Waals surface area contributed by atoms with Gasteiger partial charge in [-0.2, -0.15) is 0 Å². The molecule has 1 aromatic rings. The summed E-state index contributed by atoms with van der Waals surface area (Å²) in [7, 11) is 0. The van der Waals surface area contributed by atoms with Crippen molar-refractivity contribution in [1.29, 1.82) is 0 Å². The van der Waals surface area contributed by atoms with Crippen molar-refractivity contribution in [2.24, 2.45) is 11.7 Å². The molecule has 0 heterocycles. The Morgan fingerprint density at radius 1 is 1.42 bits per heavy atom. The fourth-order valence-corrected chi connectivity index (χ4v) is 4.90. The number of benzene rings is 1. The normalized spacial score (nSPS) is 25.3. The van der Waals surface area contributed by atoms with Crippen LogP contribution in [-0.4, -0.2) is 11.3 Å². The van der Waals surface area contributed by atoms with Crippen LogP contribution in [0.1, 0.15) is 45.1 Å². The van der Waals surface area contributed by atoms with Crippen molar-refractivity contribution in [2.45, 2.75) is 62.1 Å². The van der Waals surface area contributed by atoms with E-state index in [0.29, 0.717) is 0 Å². The second-order valence-electron chi connectivity index (χ2n) is 5.95. The van der Waals surface area contributed by atoms with Crippen molar-refractivity contribution in [3.63, 3.8) is 0 Å². The number of thioether (sulfide) groups is 1. The largest absolute Gasteiger partial charge is 0.328 e. The van der Waals surface area contributed by atoms with Gasteiger partial charge in [-0.05, 0) is 49.8 Å². The van der Waals surface area contributed by atoms with Crippen LogP contribution in [0.4, 0.5) is 0 Å². The predicted octanol–water partition coefficient (Wildman–Crippen LogP) is 5.01. The minimum absolute atomic E-state index is 0.228. The van der Waals surface area contributed by atoms with Gasteiger partial charge in [0, 0.05) is 20.7 Å². The smallest absolute Gasteiger partial charge is 0.0186 e. The van der Waals surface area contributed by atoms with Gasteiger partial charge in [0.1, 0.15) is 0 Å². The summed E-state index contributed by atoms with van der Waals surface area (Å²) in [5.74, 6) is 0.885. The summed E-state index contributed by atoms with van der Waals surface area (Å²) in [4.78, 5) is 1.42. The van der Waals surface area contributed by atoms with E-state index >= 15 is 0 Å². The third-order valence-corrected chi connectivity index (χ3v) is 5.64. The molecule has 0 radical (unpaired) electrons. The Hall–Kier alpha value is 0.01000. The van der Waals surface area contributed by atoms with Gasteiger partial charge in [0.15, 0.2) is 0 Å². The van der Waals surface area contributed by atoms with E-state index in [9.17, 15) is 0 Å². The van der Waals surface area contributed by atoms with Gasteiger partial charge in [0.25, 0.3) is 0 Å². The molecule has 0 aliphatic heterocycles. The van der Waals surface area contributed by atoms with Crippen LogP contribution < -0.4 is 5.73 Å². The summed E-state index contributed by atoms with van der Waals surface area (Å²) in [5, 5.41) is 0.782. The molecule has 1 saturated carbocycles. The van der Waals surface area contributed by atoms with Crippen molar-refractivity contribution in [1.82, 2.24) is 0 Å². The van der Waals surface area contributed by atoms with E-state index in [4.69, 9.17) is 5.73 Å². The zero-order valence-corrected chi connectivity index (χ0v) is 14.3. The highest BCUT2D eigenvalue weighted by atomic mass is 79.9. The van der Waals surface area contributed by atoms with Crippen molar-refractivity contribution < 1.29 is 0 Å². The molecule has 0 saturated heterocycles. The first-order valence-electron chi connectivity index (χ1n) is 7.25. The lowest BCUT2D eigenvalue weighted by Crippen LogP contribution is -2.19. The second-order valence-corrected chi connectivity index (χ2v) is 8.20. The average molecular weight is 342 g/mol. The quantitative estimate of drug-likeness (QED) is 0.832. The van der Waals surface area contributed by atoms with Crippen LogP contribution in [-0.2, 0) is 6.42 Å². The predicted molar refractivity (Wildman–Crippen MR) is 88.8 cm³/mol. The highest BCUT2D eigenvalue weighted by Crippen LogP contribution is 2.38. The first-order chi connectivity index (χ1) is 9.04. The summed E-state index contributed by atoms with van der Waals surface area (Å²) >= 11 is 5.66. The zero-order valence-electron chi connectivity index (χ0n) is 11.9. The number of halogens is 1. The molecule has 2 N–H and O–H groups in total. The van der Waals surface area contributed by atoms with E-state index in [1.807, 2.05) is 0 Å². The van der Waals surface area contributed by atoms with Crippen molar-refractivity contribution in [3.8, 4) is 0 Å². The van der Waals surface area contributed by atoms with Crippen LogP contribution in [0.5, 0.6) is 0 Å². The molecule has 1 nitrogen and oxygen atoms in total. The van der Waals surface area contributed by atoms with Gasteiger partial charge in [-0.15, -0.1) is 11.8 Å². The molecule has 1 aromatic carbocycles. The summed E-state index contributed by atoms with van der Waals surface area (Å²) in [6, 6.07) is 6.85. The fraction of sp³-hybridized carbons (Fsp3) is 0.625. The van der Waals surface area contributed by atoms with E-state index in [0.717, 1.165) is 17.6 Å². The molecule has 1 aliphatic rings. The molecule has 1 fully saturated rings. The third kappa shape index (κ3) is 4.80. The first kappa shape index (κ1) is 15.4. The zero-order chi connectivity index (χ0) is 13.8. The standard InChI is InChI=1S/C16H24BrNS/c1-11-4-3-5-15(8-11)19-16-10-14(17)7-6-13(16)9-12(2)18/h6-7,10-12,15H,3-5,8-9,18H2,1-2H3. The van der Waals surface area contributed by atoms with E-state index < -0.39 is 0 Å². The Morgan fingerprint density at radius 3 is 2.89 bits per heavy atom. The molecule has 0 bridgehead atoms. The molecule has 3 heteroatoms. The molecule has 1 aliphatic carbocycles. The molecule has 0 aromatic heterocycles. The molecule has 3 unspecified atom stereocenters. The molecule has 2 rings (SSSR count). The maximum absolute atomic E-state index is 5.97. The minimum Gasteiger partial charge on any atom is -0.328 e. The Labute approximate surface area is 129 Å². The Kier molecular flexibility index (Phi) is 5.79. The fourth-order valence-electron chi connectivity index (χ4n) is 2.82. The Morgan fingerprint density at radius 2 is 2.21 bits per heavy atom. The lowest BCUT2D eigenvalue weighted by atomic mass is 9.91. The Bertz CT molecular complexity index is 419. The van der Waals surface area contributed by atoms with Gasteiger partial charge >= 0.3 is 0 Å². The second kappa shape index (κ2) is 7.14. The summed E-state index contributed by atoms with van der Waals surface area (Å²) in [6.07, 6.45) is 6.48. The molecule has 3 atom stereocenters. The Balaban J connectivity index is 2.10. The summed E-state index contributed by atoms with van der Waals surface area (Å²) < 4.78 is 1.17. The van der Waals surface area contributed by atoms with Crippen molar-refractivity contribution in [2.75, 3.05) is 0 Å². The van der Waals surface area contributed by atoms with Crippen molar-refractivity contribution >= 4 is 27.7 Å². The van der Waals surface area contributed by atoms with Crippen LogP contribution in [0.15, 0.2) is 27.6 Å². The maximum Gasteiger partial charge on any atom is 0.0186 e. The number of rotatable bonds is 4. The summed E-state index contributed by atoms with van der Waals surface area (Å²) in [6.45, 7) is 4.47. The SMILES string of the molecule is CC(N)Cc1ccc(Br)cc1SC1CCCC(C)C1. The number of hydrogen-bond acceptors (Lipinski definition) is 2. The monoisotopic (exact) mass is 341 g/mol. The van der Waals surface area contributed by atoms with Crippen LogP contribution >= 0.6 is 27.7 Å². The molecular formula is C16H24BrNS. The molecule has 19 heavy (non-hydrogen) atoms. The van der Waals surface area contributed by atoms with Gasteiger partial charge in [0.2, 0.25) is 0 Å². The van der Waals surface area contributed by atoms with E-state index in [1.54, 1.807) is 0 Å². The van der Waals surface area contributed by atoms with Crippen molar-refractivity contribution in [3.05, 3.63) is 28.2 Å². The lowest BCUT2D eigenvalue weighted by molar-refractivity contribution is 0.394. The van der Waals surface area contributed by atoms with Crippen LogP contribution in [0.25, 0.3) is 0 Å². The topological polar surface area (TPSA) is 26.0 Å². The van der Waals surface area contributed by atoms with Gasteiger partial charge in [-0.3, -0.25) is 0 Å². The van der Waals surface area contributed by atoms with Crippen LogP contribution in [0, 0.1) is 5.92 Å². The lowest BCUT2D eigenvalue weighted by Gasteiger charge is -2.27. The number of hydrogen-bond donors (Lipinski definition) is 1. The van der Waals surface area contributed by atoms with Crippen LogP contribution in [0.2, 0.25) is 0 Å². The van der Waals surface area contributed by atoms with Gasteiger partial charge in [-0.25, -0.2) is 0 Å². The molecule has 0 spiro atoms. The van der Waals surface area contributed by atoms with Gasteiger partial charge in [-0.1, -0.05) is 41.8 Å². The molecule has 0 amide bonds. The van der Waals surface area contributed by atoms with E-state index in [2.05, 4.69) is 59.7 Å². The third-order valence-electron chi connectivity index (χ3n) is 3.75. The summed E-state index contributed by atoms with van der Waals surface area (Å²) in [5.41, 5.74) is 7.37. The molecule has 106 valence electrons. The maximum atomic E-state index is 5.97. The number of nitrogens with two attached hydrogens (primary N) is 1. The highest BCUT2D eigenvalue weighted by molar-refractivity contribution is 9.10. The molecular weight excluding hydrogens is 318 g/mol. The van der Waals surface area contributed by atoms with Gasteiger partial charge in [0.05, 0.1) is 0 Å². The van der Waals surface area contributed by atoms with E-state index in [1.165, 1.54) is 40.6 Å². The minimum atomic E-state index is 0.228. The first-order valence-corrected chi connectivity index (χ1v) is 8.92. The highest BCUT2D eigenvalue weighted by Gasteiger charge is 2.21. The van der Waals surface area contributed by atoms with Gasteiger partial charge < -0.3 is 5.73 Å².